The van der Waals surface area contributed by atoms with Gasteiger partial charge in [-0.1, -0.05) is 0 Å². The van der Waals surface area contributed by atoms with Crippen molar-refractivity contribution < 1.29 is 14.7 Å². The van der Waals surface area contributed by atoms with Crippen molar-refractivity contribution in [2.45, 2.75) is 12.8 Å². The van der Waals surface area contributed by atoms with E-state index < -0.39 is 0 Å². The summed E-state index contributed by atoms with van der Waals surface area (Å²) in [5, 5.41) is 9.04. The molecule has 4 heteroatoms. The summed E-state index contributed by atoms with van der Waals surface area (Å²) in [6.07, 6.45) is 0.555. The summed E-state index contributed by atoms with van der Waals surface area (Å²) in [5.41, 5.74) is 0.523. The number of hydrogen-bond donors (Lipinski definition) is 1. The number of aromatic hydroxyl groups is 1. The zero-order chi connectivity index (χ0) is 10.1. The molecule has 1 N–H and O–H groups in total. The molecule has 0 radical (unpaired) electrons. The molecule has 0 unspecified atom stereocenters. The van der Waals surface area contributed by atoms with E-state index in [4.69, 9.17) is 5.11 Å². The molecule has 14 heavy (non-hydrogen) atoms. The molecule has 1 aliphatic heterocycles. The predicted molar refractivity (Wildman–Crippen MR) is 49.8 cm³/mol. The number of phenolic OH excluding ortho intramolecular Hbond substituents is 1. The van der Waals surface area contributed by atoms with Gasteiger partial charge in [0, 0.05) is 12.8 Å². The minimum Gasteiger partial charge on any atom is -0.508 e. The highest BCUT2D eigenvalue weighted by Crippen LogP contribution is 2.23. The lowest BCUT2D eigenvalue weighted by Crippen LogP contribution is -2.28. The van der Waals surface area contributed by atoms with Gasteiger partial charge in [0.1, 0.15) is 5.75 Å². The number of nitrogens with zero attached hydrogens (tertiary/aromatic N) is 1. The van der Waals surface area contributed by atoms with Crippen LogP contribution in [0.2, 0.25) is 0 Å². The fourth-order valence-electron chi connectivity index (χ4n) is 1.47. The number of carbonyl (C=O) groups excluding carboxylic acids is 2. The lowest BCUT2D eigenvalue weighted by atomic mass is 10.3. The quantitative estimate of drug-likeness (QED) is 0.675. The van der Waals surface area contributed by atoms with E-state index in [1.54, 1.807) is 12.1 Å². The molecule has 0 saturated carbocycles. The first-order valence-electron chi connectivity index (χ1n) is 4.33. The zero-order valence-corrected chi connectivity index (χ0v) is 7.43. The van der Waals surface area contributed by atoms with Gasteiger partial charge in [-0.25, -0.2) is 0 Å². The van der Waals surface area contributed by atoms with Crippen LogP contribution < -0.4 is 4.90 Å². The molecule has 72 valence electrons. The molecule has 1 heterocycles. The first-order chi connectivity index (χ1) is 6.68. The Hall–Kier alpha value is -1.84. The van der Waals surface area contributed by atoms with E-state index in [1.807, 2.05) is 0 Å². The summed E-state index contributed by atoms with van der Waals surface area (Å²) < 4.78 is 0. The maximum absolute atomic E-state index is 11.3. The van der Waals surface area contributed by atoms with Crippen molar-refractivity contribution in [3.8, 4) is 5.75 Å². The summed E-state index contributed by atoms with van der Waals surface area (Å²) >= 11 is 0. The van der Waals surface area contributed by atoms with Gasteiger partial charge in [-0.3, -0.25) is 14.5 Å². The van der Waals surface area contributed by atoms with Crippen molar-refractivity contribution in [3.05, 3.63) is 24.3 Å². The summed E-state index contributed by atoms with van der Waals surface area (Å²) in [5.74, 6) is -0.241. The van der Waals surface area contributed by atoms with Gasteiger partial charge in [0.2, 0.25) is 11.8 Å². The number of anilines is 1. The molecule has 2 rings (SSSR count). The molecule has 0 bridgehead atoms. The van der Waals surface area contributed by atoms with Gasteiger partial charge >= 0.3 is 0 Å². The van der Waals surface area contributed by atoms with E-state index in [9.17, 15) is 9.59 Å². The number of rotatable bonds is 1. The van der Waals surface area contributed by atoms with Crippen LogP contribution in [-0.2, 0) is 9.59 Å². The van der Waals surface area contributed by atoms with Crippen LogP contribution in [0.3, 0.4) is 0 Å². The number of imide groups is 1. The monoisotopic (exact) mass is 191 g/mol. The van der Waals surface area contributed by atoms with Crippen LogP contribution in [0.15, 0.2) is 24.3 Å². The van der Waals surface area contributed by atoms with Crippen molar-refractivity contribution in [1.82, 2.24) is 0 Å². The molecular weight excluding hydrogens is 182 g/mol. The average Bonchev–Trinajstić information content (AvgIpc) is 2.49. The predicted octanol–water partition coefficient (Wildman–Crippen LogP) is 1.05. The minimum atomic E-state index is -0.180. The maximum Gasteiger partial charge on any atom is 0.234 e. The summed E-state index contributed by atoms with van der Waals surface area (Å²) in [4.78, 5) is 23.8. The van der Waals surface area contributed by atoms with Crippen molar-refractivity contribution in [1.29, 1.82) is 0 Å². The van der Waals surface area contributed by atoms with Gasteiger partial charge in [-0.15, -0.1) is 0 Å². The van der Waals surface area contributed by atoms with Crippen LogP contribution in [0, 0.1) is 0 Å². The summed E-state index contributed by atoms with van der Waals surface area (Å²) in [7, 11) is 0. The Morgan fingerprint density at radius 1 is 1.00 bits per heavy atom. The Kier molecular flexibility index (Phi) is 1.96. The SMILES string of the molecule is O=C1CCC(=O)N1c1ccc(O)cc1. The van der Waals surface area contributed by atoms with Gasteiger partial charge in [0.05, 0.1) is 5.69 Å². The molecule has 2 amide bonds. The van der Waals surface area contributed by atoms with Crippen LogP contribution in [0.25, 0.3) is 0 Å². The van der Waals surface area contributed by atoms with Crippen LogP contribution in [0.5, 0.6) is 5.75 Å². The molecule has 4 nitrogen and oxygen atoms in total. The Morgan fingerprint density at radius 2 is 1.50 bits per heavy atom. The van der Waals surface area contributed by atoms with Gasteiger partial charge in [-0.2, -0.15) is 0 Å². The Bertz CT molecular complexity index is 367. The average molecular weight is 191 g/mol. The Labute approximate surface area is 80.8 Å². The second-order valence-electron chi connectivity index (χ2n) is 3.14. The highest BCUT2D eigenvalue weighted by atomic mass is 16.3. The zero-order valence-electron chi connectivity index (χ0n) is 7.43. The van der Waals surface area contributed by atoms with Crippen LogP contribution >= 0.6 is 0 Å². The second kappa shape index (κ2) is 3.14. The number of benzene rings is 1. The fraction of sp³-hybridized carbons (Fsp3) is 0.200. The van der Waals surface area contributed by atoms with Gasteiger partial charge in [-0.05, 0) is 24.3 Å². The van der Waals surface area contributed by atoms with Crippen molar-refractivity contribution in [3.63, 3.8) is 0 Å². The standard InChI is InChI=1S/C10H9NO3/c12-8-3-1-7(2-4-8)11-9(13)5-6-10(11)14/h1-4,12H,5-6H2. The highest BCUT2D eigenvalue weighted by Gasteiger charge is 2.29. The molecule has 1 fully saturated rings. The minimum absolute atomic E-state index is 0.118. The first-order valence-corrected chi connectivity index (χ1v) is 4.33. The van der Waals surface area contributed by atoms with E-state index in [-0.39, 0.29) is 30.4 Å². The molecule has 1 aliphatic rings. The van der Waals surface area contributed by atoms with Crippen molar-refractivity contribution in [2.24, 2.45) is 0 Å². The lowest BCUT2D eigenvalue weighted by Gasteiger charge is -2.13. The van der Waals surface area contributed by atoms with E-state index in [1.165, 1.54) is 12.1 Å². The fourth-order valence-corrected chi connectivity index (χ4v) is 1.47. The van der Waals surface area contributed by atoms with Gasteiger partial charge in [0.15, 0.2) is 0 Å². The van der Waals surface area contributed by atoms with E-state index in [0.29, 0.717) is 5.69 Å². The third kappa shape index (κ3) is 1.35. The van der Waals surface area contributed by atoms with E-state index in [0.717, 1.165) is 4.90 Å². The lowest BCUT2D eigenvalue weighted by molar-refractivity contribution is -0.121. The number of carbonyl (C=O) groups is 2. The third-order valence-electron chi connectivity index (χ3n) is 2.16. The molecular formula is C10H9NO3. The molecule has 0 aromatic heterocycles. The maximum atomic E-state index is 11.3. The molecule has 1 aromatic carbocycles. The van der Waals surface area contributed by atoms with Crippen molar-refractivity contribution in [2.75, 3.05) is 4.90 Å². The Balaban J connectivity index is 2.34. The first kappa shape index (κ1) is 8.74. The largest absolute Gasteiger partial charge is 0.508 e. The normalized spacial score (nSPS) is 16.4. The van der Waals surface area contributed by atoms with Gasteiger partial charge < -0.3 is 5.11 Å². The topological polar surface area (TPSA) is 57.6 Å². The molecule has 0 atom stereocenters. The summed E-state index contributed by atoms with van der Waals surface area (Å²) in [6.45, 7) is 0. The van der Waals surface area contributed by atoms with E-state index in [2.05, 4.69) is 0 Å². The third-order valence-corrected chi connectivity index (χ3v) is 2.16. The second-order valence-corrected chi connectivity index (χ2v) is 3.14. The van der Waals surface area contributed by atoms with E-state index >= 15 is 0 Å². The van der Waals surface area contributed by atoms with Crippen LogP contribution in [0.4, 0.5) is 5.69 Å². The van der Waals surface area contributed by atoms with Crippen molar-refractivity contribution >= 4 is 17.5 Å². The molecule has 0 aliphatic carbocycles. The van der Waals surface area contributed by atoms with Crippen LogP contribution in [0.1, 0.15) is 12.8 Å². The Morgan fingerprint density at radius 3 is 2.00 bits per heavy atom. The number of hydrogen-bond acceptors (Lipinski definition) is 3. The number of amides is 2. The summed E-state index contributed by atoms with van der Waals surface area (Å²) in [6, 6.07) is 6.01. The molecule has 1 aromatic rings. The highest BCUT2D eigenvalue weighted by molar-refractivity contribution is 6.19. The van der Waals surface area contributed by atoms with Crippen LogP contribution in [-0.4, -0.2) is 16.9 Å². The smallest absolute Gasteiger partial charge is 0.234 e. The molecule has 0 spiro atoms. The van der Waals surface area contributed by atoms with Gasteiger partial charge in [0.25, 0.3) is 0 Å². The number of phenols is 1. The molecule has 1 saturated heterocycles.